The van der Waals surface area contributed by atoms with E-state index in [-0.39, 0.29) is 12.0 Å². The number of hydrogen-bond donors (Lipinski definition) is 1. The van der Waals surface area contributed by atoms with Gasteiger partial charge in [-0.3, -0.25) is 0 Å². The Kier molecular flexibility index (Phi) is 2.85. The fraction of sp³-hybridized carbons (Fsp3) is 0.385. The van der Waals surface area contributed by atoms with Crippen LogP contribution in [-0.2, 0) is 11.2 Å². The first-order chi connectivity index (χ1) is 8.79. The Balaban J connectivity index is 1.80. The Hall–Kier alpha value is -1.72. The molecule has 0 saturated carbocycles. The normalized spacial score (nSPS) is 19.1. The number of ether oxygens (including phenoxy) is 1. The zero-order valence-corrected chi connectivity index (χ0v) is 10.2. The summed E-state index contributed by atoms with van der Waals surface area (Å²) < 4.78 is 10.3. The first-order valence-corrected chi connectivity index (χ1v) is 5.95. The Morgan fingerprint density at radius 2 is 2.33 bits per heavy atom. The molecule has 2 N–H and O–H groups in total. The Morgan fingerprint density at radius 3 is 3.11 bits per heavy atom. The van der Waals surface area contributed by atoms with Gasteiger partial charge in [0.1, 0.15) is 0 Å². The Bertz CT molecular complexity index is 553. The van der Waals surface area contributed by atoms with Crippen molar-refractivity contribution in [3.05, 3.63) is 47.1 Å². The molecule has 18 heavy (non-hydrogen) atoms. The van der Waals surface area contributed by atoms with E-state index in [0.29, 0.717) is 18.3 Å². The van der Waals surface area contributed by atoms with E-state index >= 15 is 0 Å². The molecule has 2 unspecified atom stereocenters. The molecule has 0 spiro atoms. The molecule has 1 heterocycles. The second kappa shape index (κ2) is 4.51. The third-order valence-electron chi connectivity index (χ3n) is 3.29. The lowest BCUT2D eigenvalue weighted by Crippen LogP contribution is -2.20. The lowest BCUT2D eigenvalue weighted by atomic mass is 9.77. The summed E-state index contributed by atoms with van der Waals surface area (Å²) >= 11 is 0. The van der Waals surface area contributed by atoms with Gasteiger partial charge in [0.25, 0.3) is 0 Å². The molecule has 0 aliphatic heterocycles. The topological polar surface area (TPSA) is 74.2 Å². The number of rotatable bonds is 4. The molecule has 5 nitrogen and oxygen atoms in total. The summed E-state index contributed by atoms with van der Waals surface area (Å²) in [6, 6.07) is 7.96. The van der Waals surface area contributed by atoms with Gasteiger partial charge >= 0.3 is 0 Å². The van der Waals surface area contributed by atoms with Crippen molar-refractivity contribution in [1.82, 2.24) is 10.1 Å². The van der Waals surface area contributed by atoms with E-state index in [1.807, 2.05) is 12.1 Å². The van der Waals surface area contributed by atoms with Crippen LogP contribution in [-0.4, -0.2) is 23.9 Å². The molecule has 94 valence electrons. The highest BCUT2D eigenvalue weighted by molar-refractivity contribution is 5.43. The molecule has 1 aliphatic rings. The minimum Gasteiger partial charge on any atom is -0.383 e. The highest BCUT2D eigenvalue weighted by Crippen LogP contribution is 2.39. The van der Waals surface area contributed by atoms with Gasteiger partial charge in [-0.05, 0) is 17.5 Å². The van der Waals surface area contributed by atoms with Crippen molar-refractivity contribution in [2.24, 2.45) is 5.73 Å². The summed E-state index contributed by atoms with van der Waals surface area (Å²) in [5.74, 6) is 1.38. The number of methoxy groups -OCH3 is 1. The number of fused-ring (bicyclic) bond motifs is 1. The van der Waals surface area contributed by atoms with Gasteiger partial charge in [-0.15, -0.1) is 0 Å². The van der Waals surface area contributed by atoms with Gasteiger partial charge in [0.15, 0.2) is 5.82 Å². The van der Waals surface area contributed by atoms with Crippen molar-refractivity contribution >= 4 is 0 Å². The highest BCUT2D eigenvalue weighted by atomic mass is 16.5. The predicted octanol–water partition coefficient (Wildman–Crippen LogP) is 1.40. The Morgan fingerprint density at radius 1 is 1.50 bits per heavy atom. The van der Waals surface area contributed by atoms with E-state index in [4.69, 9.17) is 15.0 Å². The van der Waals surface area contributed by atoms with Crippen LogP contribution >= 0.6 is 0 Å². The maximum atomic E-state index is 5.86. The highest BCUT2D eigenvalue weighted by Gasteiger charge is 2.32. The molecule has 1 aromatic carbocycles. The number of aromatic nitrogens is 2. The van der Waals surface area contributed by atoms with Gasteiger partial charge in [0.2, 0.25) is 5.89 Å². The van der Waals surface area contributed by atoms with Crippen LogP contribution in [0.3, 0.4) is 0 Å². The fourth-order valence-corrected chi connectivity index (χ4v) is 2.27. The summed E-state index contributed by atoms with van der Waals surface area (Å²) in [4.78, 5) is 4.37. The van der Waals surface area contributed by atoms with Crippen LogP contribution in [0.1, 0.15) is 34.8 Å². The van der Waals surface area contributed by atoms with Crippen LogP contribution in [0.4, 0.5) is 0 Å². The van der Waals surface area contributed by atoms with Gasteiger partial charge < -0.3 is 15.0 Å². The molecular formula is C13H15N3O2. The van der Waals surface area contributed by atoms with Crippen molar-refractivity contribution in [2.75, 3.05) is 13.7 Å². The second-order valence-corrected chi connectivity index (χ2v) is 4.51. The number of nitrogens with zero attached hydrogens (tertiary/aromatic N) is 2. The summed E-state index contributed by atoms with van der Waals surface area (Å²) in [5.41, 5.74) is 8.48. The number of benzene rings is 1. The maximum Gasteiger partial charge on any atom is 0.234 e. The molecule has 0 amide bonds. The van der Waals surface area contributed by atoms with Gasteiger partial charge in [0, 0.05) is 7.11 Å². The molecule has 0 bridgehead atoms. The maximum absolute atomic E-state index is 5.86. The van der Waals surface area contributed by atoms with Crippen molar-refractivity contribution in [2.45, 2.75) is 18.4 Å². The van der Waals surface area contributed by atoms with Crippen LogP contribution in [0.15, 0.2) is 28.8 Å². The minimum absolute atomic E-state index is 0.220. The van der Waals surface area contributed by atoms with Gasteiger partial charge in [0.05, 0.1) is 18.6 Å². The average molecular weight is 245 g/mol. The van der Waals surface area contributed by atoms with Crippen molar-refractivity contribution in [1.29, 1.82) is 0 Å². The number of nitrogens with two attached hydrogens (primary N) is 1. The van der Waals surface area contributed by atoms with Crippen LogP contribution < -0.4 is 5.73 Å². The van der Waals surface area contributed by atoms with E-state index in [9.17, 15) is 0 Å². The zero-order chi connectivity index (χ0) is 12.5. The molecule has 1 aliphatic carbocycles. The molecule has 0 saturated heterocycles. The quantitative estimate of drug-likeness (QED) is 0.881. The first-order valence-electron chi connectivity index (χ1n) is 5.95. The molecule has 5 heteroatoms. The molecule has 1 aromatic heterocycles. The van der Waals surface area contributed by atoms with Crippen LogP contribution in [0.2, 0.25) is 0 Å². The molecule has 0 fully saturated rings. The van der Waals surface area contributed by atoms with Gasteiger partial charge in [-0.2, -0.15) is 4.98 Å². The molecule has 2 atom stereocenters. The van der Waals surface area contributed by atoms with Crippen LogP contribution in [0, 0.1) is 0 Å². The SMILES string of the molecule is COCC(N)c1noc(C2Cc3ccccc32)n1. The van der Waals surface area contributed by atoms with Gasteiger partial charge in [-0.25, -0.2) is 0 Å². The van der Waals surface area contributed by atoms with Crippen LogP contribution in [0.25, 0.3) is 0 Å². The largest absolute Gasteiger partial charge is 0.383 e. The molecule has 2 aromatic rings. The predicted molar refractivity (Wildman–Crippen MR) is 65.1 cm³/mol. The minimum atomic E-state index is -0.331. The summed E-state index contributed by atoms with van der Waals surface area (Å²) in [7, 11) is 1.60. The van der Waals surface area contributed by atoms with E-state index < -0.39 is 0 Å². The van der Waals surface area contributed by atoms with Crippen molar-refractivity contribution in [3.8, 4) is 0 Å². The standard InChI is InChI=1S/C13H15N3O2/c1-17-7-11(14)12-15-13(18-16-12)10-6-8-4-2-3-5-9(8)10/h2-5,10-11H,6-7,14H2,1H3. The molecule has 0 radical (unpaired) electrons. The second-order valence-electron chi connectivity index (χ2n) is 4.51. The third kappa shape index (κ3) is 1.81. The van der Waals surface area contributed by atoms with Crippen LogP contribution in [0.5, 0.6) is 0 Å². The van der Waals surface area contributed by atoms with Crippen molar-refractivity contribution < 1.29 is 9.26 Å². The third-order valence-corrected chi connectivity index (χ3v) is 3.29. The van der Waals surface area contributed by atoms with Gasteiger partial charge in [-0.1, -0.05) is 29.4 Å². The van der Waals surface area contributed by atoms with E-state index in [1.165, 1.54) is 11.1 Å². The van der Waals surface area contributed by atoms with E-state index in [1.54, 1.807) is 7.11 Å². The van der Waals surface area contributed by atoms with E-state index in [2.05, 4.69) is 22.3 Å². The lowest BCUT2D eigenvalue weighted by molar-refractivity contribution is 0.177. The van der Waals surface area contributed by atoms with E-state index in [0.717, 1.165) is 6.42 Å². The number of hydrogen-bond acceptors (Lipinski definition) is 5. The zero-order valence-electron chi connectivity index (χ0n) is 10.2. The molecule has 3 rings (SSSR count). The summed E-state index contributed by atoms with van der Waals surface area (Å²) in [5, 5.41) is 3.92. The monoisotopic (exact) mass is 245 g/mol. The smallest absolute Gasteiger partial charge is 0.234 e. The summed E-state index contributed by atoms with van der Waals surface area (Å²) in [6.07, 6.45) is 0.956. The lowest BCUT2D eigenvalue weighted by Gasteiger charge is -2.26. The fourth-order valence-electron chi connectivity index (χ4n) is 2.27. The Labute approximate surface area is 105 Å². The summed E-state index contributed by atoms with van der Waals surface area (Å²) in [6.45, 7) is 0.389. The molecular weight excluding hydrogens is 230 g/mol. The first kappa shape index (κ1) is 11.4. The van der Waals surface area contributed by atoms with Crippen molar-refractivity contribution in [3.63, 3.8) is 0 Å². The average Bonchev–Trinajstić information content (AvgIpc) is 2.80.